The van der Waals surface area contributed by atoms with E-state index in [2.05, 4.69) is 16.0 Å². The average Bonchev–Trinajstić information content (AvgIpc) is 3.03. The van der Waals surface area contributed by atoms with Crippen molar-refractivity contribution in [1.29, 1.82) is 0 Å². The Morgan fingerprint density at radius 1 is 1.33 bits per heavy atom. The number of carbonyl (C=O) groups excluding carboxylic acids is 1. The van der Waals surface area contributed by atoms with E-state index in [1.165, 1.54) is 5.57 Å². The fourth-order valence-electron chi connectivity index (χ4n) is 3.39. The van der Waals surface area contributed by atoms with Gasteiger partial charge in [-0.1, -0.05) is 6.08 Å². The molecular formula is C18H25N3O3. The summed E-state index contributed by atoms with van der Waals surface area (Å²) in [4.78, 5) is 22.9. The van der Waals surface area contributed by atoms with Gasteiger partial charge in [-0.05, 0) is 45.6 Å². The fourth-order valence-corrected chi connectivity index (χ4v) is 3.39. The number of rotatable bonds is 2. The van der Waals surface area contributed by atoms with Gasteiger partial charge < -0.3 is 14.4 Å². The highest BCUT2D eigenvalue weighted by atomic mass is 16.6. The zero-order valence-corrected chi connectivity index (χ0v) is 15.0. The van der Waals surface area contributed by atoms with Crippen molar-refractivity contribution in [3.63, 3.8) is 0 Å². The number of amides is 1. The number of ether oxygens (including phenoxy) is 2. The van der Waals surface area contributed by atoms with Gasteiger partial charge in [-0.25, -0.2) is 14.8 Å². The zero-order chi connectivity index (χ0) is 17.5. The molecule has 0 N–H and O–H groups in total. The summed E-state index contributed by atoms with van der Waals surface area (Å²) in [5.74, 6) is 1.33. The van der Waals surface area contributed by atoms with E-state index in [0.29, 0.717) is 24.3 Å². The Morgan fingerprint density at radius 2 is 2.08 bits per heavy atom. The Morgan fingerprint density at radius 3 is 2.71 bits per heavy atom. The van der Waals surface area contributed by atoms with Crippen LogP contribution in [0, 0.1) is 18.8 Å². The maximum absolute atomic E-state index is 12.2. The molecule has 6 heteroatoms. The van der Waals surface area contributed by atoms with Crippen molar-refractivity contribution in [3.8, 4) is 5.88 Å². The SMILES string of the molecule is COc1ncc(C)nc1C1=CC2CN(C(=O)OC(C)(C)C)CC2C1. The quantitative estimate of drug-likeness (QED) is 0.833. The van der Waals surface area contributed by atoms with Crippen LogP contribution in [-0.2, 0) is 4.74 Å². The molecule has 2 aliphatic rings. The van der Waals surface area contributed by atoms with Crippen LogP contribution in [0.4, 0.5) is 4.79 Å². The predicted molar refractivity (Wildman–Crippen MR) is 90.7 cm³/mol. The Labute approximate surface area is 142 Å². The molecule has 1 aromatic rings. The third-order valence-electron chi connectivity index (χ3n) is 4.40. The third-order valence-corrected chi connectivity index (χ3v) is 4.40. The monoisotopic (exact) mass is 331 g/mol. The van der Waals surface area contributed by atoms with Crippen molar-refractivity contribution < 1.29 is 14.3 Å². The number of fused-ring (bicyclic) bond motifs is 1. The number of carbonyl (C=O) groups is 1. The molecule has 1 aliphatic heterocycles. The van der Waals surface area contributed by atoms with E-state index in [-0.39, 0.29) is 6.09 Å². The Balaban J connectivity index is 1.73. The maximum atomic E-state index is 12.2. The van der Waals surface area contributed by atoms with E-state index in [1.807, 2.05) is 32.6 Å². The van der Waals surface area contributed by atoms with Crippen molar-refractivity contribution in [2.45, 2.75) is 39.7 Å². The summed E-state index contributed by atoms with van der Waals surface area (Å²) in [5.41, 5.74) is 2.41. The van der Waals surface area contributed by atoms with Crippen molar-refractivity contribution in [1.82, 2.24) is 14.9 Å². The van der Waals surface area contributed by atoms with Gasteiger partial charge in [0.25, 0.3) is 0 Å². The minimum Gasteiger partial charge on any atom is -0.479 e. The Bertz CT molecular complexity index is 679. The first-order chi connectivity index (χ1) is 11.3. The highest BCUT2D eigenvalue weighted by molar-refractivity contribution is 5.72. The standard InChI is InChI=1S/C18H25N3O3/c1-11-8-19-16(23-5)15(20-11)12-6-13-9-21(10-14(13)7-12)17(22)24-18(2,3)4/h6,8,13-14H,7,9-10H2,1-5H3. The minimum atomic E-state index is -0.458. The lowest BCUT2D eigenvalue weighted by atomic mass is 9.99. The summed E-state index contributed by atoms with van der Waals surface area (Å²) in [6.45, 7) is 9.02. The van der Waals surface area contributed by atoms with Crippen molar-refractivity contribution in [3.05, 3.63) is 23.7 Å². The molecule has 0 radical (unpaired) electrons. The molecule has 1 fully saturated rings. The second kappa shape index (κ2) is 6.07. The van der Waals surface area contributed by atoms with Gasteiger partial charge in [-0.2, -0.15) is 0 Å². The lowest BCUT2D eigenvalue weighted by Gasteiger charge is -2.24. The molecule has 6 nitrogen and oxygen atoms in total. The van der Waals surface area contributed by atoms with Gasteiger partial charge in [0.05, 0.1) is 19.0 Å². The highest BCUT2D eigenvalue weighted by Crippen LogP contribution is 2.42. The molecule has 24 heavy (non-hydrogen) atoms. The summed E-state index contributed by atoms with van der Waals surface area (Å²) >= 11 is 0. The molecule has 130 valence electrons. The first kappa shape index (κ1) is 16.7. The Hall–Kier alpha value is -2.11. The molecule has 0 spiro atoms. The van der Waals surface area contributed by atoms with Crippen LogP contribution in [0.5, 0.6) is 5.88 Å². The normalized spacial score (nSPS) is 23.0. The molecule has 1 amide bonds. The first-order valence-corrected chi connectivity index (χ1v) is 8.33. The molecule has 1 aromatic heterocycles. The van der Waals surface area contributed by atoms with E-state index in [4.69, 9.17) is 9.47 Å². The van der Waals surface area contributed by atoms with Gasteiger partial charge in [0.1, 0.15) is 11.3 Å². The van der Waals surface area contributed by atoms with Crippen molar-refractivity contribution in [2.24, 2.45) is 11.8 Å². The molecule has 1 saturated heterocycles. The van der Waals surface area contributed by atoms with E-state index < -0.39 is 5.60 Å². The van der Waals surface area contributed by atoms with Gasteiger partial charge in [0, 0.05) is 19.0 Å². The minimum absolute atomic E-state index is 0.222. The van der Waals surface area contributed by atoms with Crippen LogP contribution in [-0.4, -0.2) is 46.8 Å². The van der Waals surface area contributed by atoms with Crippen molar-refractivity contribution >= 4 is 11.7 Å². The molecule has 2 heterocycles. The van der Waals surface area contributed by atoms with Gasteiger partial charge in [0.2, 0.25) is 5.88 Å². The summed E-state index contributed by atoms with van der Waals surface area (Å²) in [6.07, 6.45) is 4.60. The molecular weight excluding hydrogens is 306 g/mol. The number of likely N-dealkylation sites (tertiary alicyclic amines) is 1. The zero-order valence-electron chi connectivity index (χ0n) is 15.0. The topological polar surface area (TPSA) is 64.6 Å². The van der Waals surface area contributed by atoms with E-state index in [0.717, 1.165) is 24.4 Å². The molecule has 0 saturated carbocycles. The first-order valence-electron chi connectivity index (χ1n) is 8.33. The Kier molecular flexibility index (Phi) is 4.24. The molecule has 2 atom stereocenters. The van der Waals surface area contributed by atoms with Crippen LogP contribution in [0.3, 0.4) is 0 Å². The molecule has 2 unspecified atom stereocenters. The predicted octanol–water partition coefficient (Wildman–Crippen LogP) is 3.06. The molecule has 0 bridgehead atoms. The number of aromatic nitrogens is 2. The van der Waals surface area contributed by atoms with Crippen LogP contribution in [0.2, 0.25) is 0 Å². The van der Waals surface area contributed by atoms with Gasteiger partial charge in [-0.15, -0.1) is 0 Å². The van der Waals surface area contributed by atoms with Crippen LogP contribution >= 0.6 is 0 Å². The third kappa shape index (κ3) is 3.37. The maximum Gasteiger partial charge on any atom is 0.410 e. The molecule has 1 aliphatic carbocycles. The fraction of sp³-hybridized carbons (Fsp3) is 0.611. The van der Waals surface area contributed by atoms with Crippen molar-refractivity contribution in [2.75, 3.05) is 20.2 Å². The van der Waals surface area contributed by atoms with Crippen LogP contribution in [0.15, 0.2) is 12.3 Å². The van der Waals surface area contributed by atoms with Gasteiger partial charge >= 0.3 is 6.09 Å². The highest BCUT2D eigenvalue weighted by Gasteiger charge is 2.40. The number of hydrogen-bond acceptors (Lipinski definition) is 5. The average molecular weight is 331 g/mol. The van der Waals surface area contributed by atoms with Crippen LogP contribution < -0.4 is 4.74 Å². The lowest BCUT2D eigenvalue weighted by molar-refractivity contribution is 0.0285. The second-order valence-electron chi connectivity index (χ2n) is 7.57. The smallest absolute Gasteiger partial charge is 0.410 e. The summed E-state index contributed by atoms with van der Waals surface area (Å²) in [6, 6.07) is 0. The summed E-state index contributed by atoms with van der Waals surface area (Å²) in [5, 5.41) is 0. The second-order valence-corrected chi connectivity index (χ2v) is 7.57. The van der Waals surface area contributed by atoms with Crippen LogP contribution in [0.1, 0.15) is 38.6 Å². The van der Waals surface area contributed by atoms with E-state index >= 15 is 0 Å². The summed E-state index contributed by atoms with van der Waals surface area (Å²) in [7, 11) is 1.61. The van der Waals surface area contributed by atoms with E-state index in [1.54, 1.807) is 13.3 Å². The van der Waals surface area contributed by atoms with Gasteiger partial charge in [0.15, 0.2) is 0 Å². The molecule has 3 rings (SSSR count). The van der Waals surface area contributed by atoms with E-state index in [9.17, 15) is 4.79 Å². The largest absolute Gasteiger partial charge is 0.479 e. The number of nitrogens with zero attached hydrogens (tertiary/aromatic N) is 3. The van der Waals surface area contributed by atoms with Crippen LogP contribution in [0.25, 0.3) is 5.57 Å². The number of allylic oxidation sites excluding steroid dienone is 1. The number of aryl methyl sites for hydroxylation is 1. The number of hydrogen-bond donors (Lipinski definition) is 0. The van der Waals surface area contributed by atoms with Gasteiger partial charge in [-0.3, -0.25) is 0 Å². The lowest BCUT2D eigenvalue weighted by Crippen LogP contribution is -2.35. The summed E-state index contributed by atoms with van der Waals surface area (Å²) < 4.78 is 10.8. The number of methoxy groups -OCH3 is 1. The molecule has 0 aromatic carbocycles.